The summed E-state index contributed by atoms with van der Waals surface area (Å²) in [5.74, 6) is -0.528. The zero-order valence-electron chi connectivity index (χ0n) is 15.5. The van der Waals surface area contributed by atoms with Gasteiger partial charge in [0.15, 0.2) is 0 Å². The number of benzene rings is 1. The normalized spacial score (nSPS) is 22.6. The molecule has 2 aliphatic rings. The number of pyridine rings is 2. The van der Waals surface area contributed by atoms with Crippen LogP contribution in [0.2, 0.25) is 0 Å². The van der Waals surface area contributed by atoms with Crippen molar-refractivity contribution in [2.24, 2.45) is 0 Å². The van der Waals surface area contributed by atoms with Crippen LogP contribution >= 0.6 is 0 Å². The molecule has 2 aromatic heterocycles. The molecule has 2 atom stereocenters. The third-order valence-electron chi connectivity index (χ3n) is 5.90. The number of hydrogen-bond donors (Lipinski definition) is 2. The van der Waals surface area contributed by atoms with Gasteiger partial charge in [0, 0.05) is 30.8 Å². The average molecular weight is 386 g/mol. The van der Waals surface area contributed by atoms with Crippen LogP contribution in [0.25, 0.3) is 0 Å². The fourth-order valence-electron chi connectivity index (χ4n) is 4.65. The molecule has 1 saturated heterocycles. The average Bonchev–Trinajstić information content (AvgIpc) is 3.28. The summed E-state index contributed by atoms with van der Waals surface area (Å²) in [6.45, 7) is 0.356. The molecule has 1 spiro atoms. The third kappa shape index (κ3) is 2.44. The van der Waals surface area contributed by atoms with Crippen molar-refractivity contribution in [1.82, 2.24) is 14.9 Å². The molecule has 7 nitrogen and oxygen atoms in total. The zero-order valence-corrected chi connectivity index (χ0v) is 15.5. The van der Waals surface area contributed by atoms with E-state index in [0.717, 1.165) is 16.8 Å². The van der Waals surface area contributed by atoms with Crippen LogP contribution in [0.15, 0.2) is 71.9 Å². The van der Waals surface area contributed by atoms with Crippen molar-refractivity contribution in [1.29, 1.82) is 0 Å². The summed E-state index contributed by atoms with van der Waals surface area (Å²) in [6, 6.07) is 13.8. The second kappa shape index (κ2) is 6.41. The number of nitrogens with zero attached hydrogens (tertiary/aromatic N) is 2. The third-order valence-corrected chi connectivity index (χ3v) is 5.90. The minimum absolute atomic E-state index is 0.0603. The van der Waals surface area contributed by atoms with E-state index in [-0.39, 0.29) is 11.5 Å². The van der Waals surface area contributed by atoms with Gasteiger partial charge in [-0.3, -0.25) is 19.4 Å². The molecule has 29 heavy (non-hydrogen) atoms. The Hall–Kier alpha value is -3.74. The van der Waals surface area contributed by atoms with Gasteiger partial charge in [-0.05, 0) is 41.8 Å². The highest BCUT2D eigenvalue weighted by Gasteiger charge is 2.59. The van der Waals surface area contributed by atoms with Crippen LogP contribution in [0.1, 0.15) is 33.9 Å². The highest BCUT2D eigenvalue weighted by atomic mass is 16.2. The van der Waals surface area contributed by atoms with E-state index in [4.69, 9.17) is 0 Å². The molecule has 0 aliphatic carbocycles. The number of fused-ring (bicyclic) bond motifs is 2. The Kier molecular flexibility index (Phi) is 3.84. The molecule has 5 rings (SSSR count). The molecule has 0 radical (unpaired) electrons. The number of aromatic nitrogens is 2. The predicted molar refractivity (Wildman–Crippen MR) is 106 cm³/mol. The number of H-pyrrole nitrogens is 1. The Morgan fingerprint density at radius 2 is 1.97 bits per heavy atom. The topological polar surface area (TPSA) is 95.2 Å². The molecule has 3 aromatic rings. The van der Waals surface area contributed by atoms with Crippen molar-refractivity contribution in [3.05, 3.63) is 94.2 Å². The molecule has 2 aliphatic heterocycles. The number of aromatic amines is 1. The molecular formula is C22H18N4O3. The lowest BCUT2D eigenvalue weighted by atomic mass is 9.73. The number of hydrogen-bond acceptors (Lipinski definition) is 4. The van der Waals surface area contributed by atoms with Gasteiger partial charge in [-0.1, -0.05) is 24.3 Å². The molecule has 4 heterocycles. The van der Waals surface area contributed by atoms with E-state index >= 15 is 0 Å². The molecule has 2 N–H and O–H groups in total. The molecule has 1 aromatic carbocycles. The SMILES string of the molecule is O=C(c1ccc[nH]c1=O)N1CCC2(C(=O)Nc3ccccc32)C1c1cccnc1. The first kappa shape index (κ1) is 17.4. The largest absolute Gasteiger partial charge is 0.330 e. The van der Waals surface area contributed by atoms with Gasteiger partial charge in [-0.15, -0.1) is 0 Å². The summed E-state index contributed by atoms with van der Waals surface area (Å²) >= 11 is 0. The molecule has 144 valence electrons. The van der Waals surface area contributed by atoms with Gasteiger partial charge in [0.05, 0.1) is 6.04 Å². The summed E-state index contributed by atoms with van der Waals surface area (Å²) in [7, 11) is 0. The number of carbonyl (C=O) groups is 2. The maximum absolute atomic E-state index is 13.4. The Bertz CT molecular complexity index is 1170. The van der Waals surface area contributed by atoms with E-state index in [1.807, 2.05) is 30.3 Å². The first-order valence-corrected chi connectivity index (χ1v) is 9.42. The molecule has 7 heteroatoms. The van der Waals surface area contributed by atoms with Crippen LogP contribution in [0, 0.1) is 0 Å². The Balaban J connectivity index is 1.69. The number of para-hydroxylation sites is 1. The van der Waals surface area contributed by atoms with E-state index in [1.165, 1.54) is 12.3 Å². The molecule has 0 bridgehead atoms. The van der Waals surface area contributed by atoms with Gasteiger partial charge in [0.2, 0.25) is 5.91 Å². The summed E-state index contributed by atoms with van der Waals surface area (Å²) < 4.78 is 0. The summed E-state index contributed by atoms with van der Waals surface area (Å²) in [6.07, 6.45) is 5.29. The van der Waals surface area contributed by atoms with Gasteiger partial charge in [-0.2, -0.15) is 0 Å². The van der Waals surface area contributed by atoms with Gasteiger partial charge >= 0.3 is 0 Å². The maximum Gasteiger partial charge on any atom is 0.260 e. The van der Waals surface area contributed by atoms with Gasteiger partial charge in [0.25, 0.3) is 11.5 Å². The highest BCUT2D eigenvalue weighted by molar-refractivity contribution is 6.08. The number of nitrogens with one attached hydrogen (secondary N) is 2. The number of rotatable bonds is 2. The lowest BCUT2D eigenvalue weighted by Gasteiger charge is -2.34. The van der Waals surface area contributed by atoms with Crippen LogP contribution in [-0.2, 0) is 10.2 Å². The molecule has 2 amide bonds. The van der Waals surface area contributed by atoms with Crippen molar-refractivity contribution in [3.8, 4) is 0 Å². The number of likely N-dealkylation sites (tertiary alicyclic amines) is 1. The van der Waals surface area contributed by atoms with Gasteiger partial charge < -0.3 is 15.2 Å². The number of amides is 2. The minimum atomic E-state index is -0.920. The lowest BCUT2D eigenvalue weighted by molar-refractivity contribution is -0.121. The van der Waals surface area contributed by atoms with E-state index in [9.17, 15) is 14.4 Å². The standard InChI is InChI=1S/C22H18N4O3/c27-19-15(6-4-11-24-19)20(28)26-12-9-22(18(26)14-5-3-10-23-13-14)16-7-1-2-8-17(16)25-21(22)29/h1-8,10-11,13,18H,9,12H2,(H,24,27)(H,25,29). The monoisotopic (exact) mass is 386 g/mol. The summed E-state index contributed by atoms with van der Waals surface area (Å²) in [5.41, 5.74) is 1.09. The van der Waals surface area contributed by atoms with E-state index in [0.29, 0.717) is 13.0 Å². The second-order valence-electron chi connectivity index (χ2n) is 7.32. The van der Waals surface area contributed by atoms with E-state index < -0.39 is 22.9 Å². The molecule has 2 unspecified atom stereocenters. The van der Waals surface area contributed by atoms with Crippen LogP contribution < -0.4 is 10.9 Å². The summed E-state index contributed by atoms with van der Waals surface area (Å²) in [5, 5.41) is 2.98. The van der Waals surface area contributed by atoms with E-state index in [1.54, 1.807) is 29.4 Å². The number of carbonyl (C=O) groups excluding carboxylic acids is 2. The highest BCUT2D eigenvalue weighted by Crippen LogP contribution is 2.54. The minimum Gasteiger partial charge on any atom is -0.330 e. The Morgan fingerprint density at radius 1 is 1.10 bits per heavy atom. The first-order chi connectivity index (χ1) is 14.1. The van der Waals surface area contributed by atoms with Crippen LogP contribution in [0.5, 0.6) is 0 Å². The van der Waals surface area contributed by atoms with Crippen molar-refractivity contribution in [2.75, 3.05) is 11.9 Å². The molecular weight excluding hydrogens is 368 g/mol. The van der Waals surface area contributed by atoms with E-state index in [2.05, 4.69) is 15.3 Å². The fraction of sp³-hybridized carbons (Fsp3) is 0.182. The molecule has 0 saturated carbocycles. The Morgan fingerprint density at radius 3 is 2.76 bits per heavy atom. The summed E-state index contributed by atoms with van der Waals surface area (Å²) in [4.78, 5) is 47.3. The number of anilines is 1. The smallest absolute Gasteiger partial charge is 0.260 e. The van der Waals surface area contributed by atoms with Gasteiger partial charge in [0.1, 0.15) is 11.0 Å². The predicted octanol–water partition coefficient (Wildman–Crippen LogP) is 2.25. The van der Waals surface area contributed by atoms with Crippen molar-refractivity contribution in [2.45, 2.75) is 17.9 Å². The zero-order chi connectivity index (χ0) is 20.0. The van der Waals surface area contributed by atoms with Crippen molar-refractivity contribution >= 4 is 17.5 Å². The quantitative estimate of drug-likeness (QED) is 0.706. The van der Waals surface area contributed by atoms with Crippen molar-refractivity contribution in [3.63, 3.8) is 0 Å². The van der Waals surface area contributed by atoms with Crippen LogP contribution in [0.4, 0.5) is 5.69 Å². The maximum atomic E-state index is 13.4. The Labute approximate surface area is 166 Å². The van der Waals surface area contributed by atoms with Crippen molar-refractivity contribution < 1.29 is 9.59 Å². The van der Waals surface area contributed by atoms with Gasteiger partial charge in [-0.25, -0.2) is 0 Å². The second-order valence-corrected chi connectivity index (χ2v) is 7.32. The fourth-order valence-corrected chi connectivity index (χ4v) is 4.65. The van der Waals surface area contributed by atoms with Crippen LogP contribution in [-0.4, -0.2) is 33.2 Å². The molecule has 1 fully saturated rings. The van der Waals surface area contributed by atoms with Crippen LogP contribution in [0.3, 0.4) is 0 Å². The first-order valence-electron chi connectivity index (χ1n) is 9.42. The lowest BCUT2D eigenvalue weighted by Crippen LogP contribution is -2.43.